The van der Waals surface area contributed by atoms with E-state index in [0.717, 1.165) is 41.2 Å². The van der Waals surface area contributed by atoms with Gasteiger partial charge in [-0.25, -0.2) is 51.1 Å². The van der Waals surface area contributed by atoms with Gasteiger partial charge in [0.2, 0.25) is 28.5 Å². The number of nitrogens with zero attached hydrogens (tertiary/aromatic N) is 8. The van der Waals surface area contributed by atoms with Crippen molar-refractivity contribution in [1.29, 1.82) is 0 Å². The average Bonchev–Trinajstić information content (AvgIpc) is 4.36. The van der Waals surface area contributed by atoms with Crippen LogP contribution in [0.2, 0.25) is 0 Å². The smallest absolute Gasteiger partial charge is 0.490 e. The number of aryl methyl sites for hydroxylation is 1. The van der Waals surface area contributed by atoms with Crippen molar-refractivity contribution in [3.63, 3.8) is 0 Å². The fraction of sp³-hybridized carbons (Fsp3) is 0.600. The lowest BCUT2D eigenvalue weighted by atomic mass is 9.98. The number of nitrogens with one attached hydrogen (secondary N) is 3. The third-order valence-corrected chi connectivity index (χ3v) is 18.9. The number of hydrogen-bond acceptors (Lipinski definition) is 29. The van der Waals surface area contributed by atoms with E-state index in [2.05, 4.69) is 38.3 Å². The molecule has 16 atom stereocenters. The lowest BCUT2D eigenvalue weighted by Crippen LogP contribution is -2.40. The molecule has 8 rings (SSSR count). The van der Waals surface area contributed by atoms with E-state index in [9.17, 15) is 80.3 Å². The number of aromatic nitrogens is 10. The van der Waals surface area contributed by atoms with E-state index in [4.69, 9.17) is 48.5 Å². The fourth-order valence-electron chi connectivity index (χ4n) is 8.66. The van der Waals surface area contributed by atoms with Crippen molar-refractivity contribution in [3.8, 4) is 0 Å². The maximum Gasteiger partial charge on any atom is 0.490 e. The highest BCUT2D eigenvalue weighted by molar-refractivity contribution is 7.89. The first-order valence-electron chi connectivity index (χ1n) is 22.8. The maximum absolute atomic E-state index is 13.5. The Kier molecular flexibility index (Phi) is 18.3. The Morgan fingerprint density at radius 1 is 0.825 bits per heavy atom. The number of aliphatic hydroxyl groups is 3. The van der Waals surface area contributed by atoms with Crippen LogP contribution in [-0.4, -0.2) is 177 Å². The van der Waals surface area contributed by atoms with Crippen LogP contribution in [-0.2, 0) is 81.0 Å². The van der Waals surface area contributed by atoms with E-state index in [1.54, 1.807) is 0 Å². The first-order valence-corrected chi connectivity index (χ1v) is 30.4. The number of H-pyrrole nitrogens is 2. The second kappa shape index (κ2) is 23.9. The number of aromatic amines is 2. The minimum absolute atomic E-state index is 0.00599. The fourth-order valence-corrected chi connectivity index (χ4v) is 14.2. The Morgan fingerprint density at radius 3 is 2.12 bits per heavy atom. The second-order valence-electron chi connectivity index (χ2n) is 17.6. The summed E-state index contributed by atoms with van der Waals surface area (Å²) in [6.07, 6.45) is -15.4. The number of rotatable bonds is 25. The summed E-state index contributed by atoms with van der Waals surface area (Å²) in [6.45, 7) is -5.34. The van der Waals surface area contributed by atoms with E-state index in [0.29, 0.717) is 4.57 Å². The topological polar surface area (TPSA) is 556 Å². The molecular formula is C35H50FN13O26P4S. The third kappa shape index (κ3) is 13.7. The number of alkyl halides is 1. The normalized spacial score (nSPS) is 29.4. The number of nitrogens with two attached hydrogens (primary N) is 2. The summed E-state index contributed by atoms with van der Waals surface area (Å²) in [6, 6.07) is 0.900. The van der Waals surface area contributed by atoms with Gasteiger partial charge in [-0.2, -0.15) is 18.2 Å². The molecular weight excluding hydrogens is 1190 g/mol. The highest BCUT2D eigenvalue weighted by Gasteiger charge is 2.53. The molecule has 5 aromatic heterocycles. The minimum atomic E-state index is -6.32. The molecule has 13 N–H and O–H groups in total. The van der Waals surface area contributed by atoms with Crippen LogP contribution < -0.4 is 42.5 Å². The number of nitrogen functional groups attached to an aromatic ring is 2. The number of anilines is 2. The summed E-state index contributed by atoms with van der Waals surface area (Å²) in [4.78, 5) is 102. The van der Waals surface area contributed by atoms with Crippen LogP contribution in [0.1, 0.15) is 25.1 Å². The van der Waals surface area contributed by atoms with Gasteiger partial charge in [0.15, 0.2) is 23.9 Å². The Balaban J connectivity index is 0.954. The highest BCUT2D eigenvalue weighted by Crippen LogP contribution is 2.68. The number of hydrogen-bond donors (Lipinski definition) is 11. The molecule has 8 heterocycles. The summed E-state index contributed by atoms with van der Waals surface area (Å²) >= 11 is 0. The molecule has 3 fully saturated rings. The molecule has 0 aliphatic carbocycles. The van der Waals surface area contributed by atoms with Gasteiger partial charge in [0.05, 0.1) is 51.7 Å². The summed E-state index contributed by atoms with van der Waals surface area (Å²) in [5.74, 6) is -2.62. The van der Waals surface area contributed by atoms with Gasteiger partial charge in [-0.05, 0) is 6.42 Å². The Bertz CT molecular complexity index is 3590. The molecule has 5 aromatic rings. The zero-order valence-corrected chi connectivity index (χ0v) is 45.3. The maximum atomic E-state index is 13.5. The number of phosphoric ester groups is 3. The summed E-state index contributed by atoms with van der Waals surface area (Å²) < 4.78 is 149. The molecule has 3 aliphatic heterocycles. The molecule has 80 heavy (non-hydrogen) atoms. The van der Waals surface area contributed by atoms with Crippen molar-refractivity contribution in [2.24, 2.45) is 13.0 Å². The van der Waals surface area contributed by atoms with Crippen LogP contribution in [0, 0.1) is 5.92 Å². The van der Waals surface area contributed by atoms with Gasteiger partial charge in [0.25, 0.3) is 24.5 Å². The molecule has 45 heteroatoms. The lowest BCUT2D eigenvalue weighted by molar-refractivity contribution is -0.646. The van der Waals surface area contributed by atoms with Crippen molar-refractivity contribution in [3.05, 3.63) is 62.4 Å². The van der Waals surface area contributed by atoms with Crippen molar-refractivity contribution in [2.75, 3.05) is 57.4 Å². The molecule has 0 saturated carbocycles. The van der Waals surface area contributed by atoms with Gasteiger partial charge < -0.3 is 74.4 Å². The SMILES string of the molecule is CO[C@@H]1[C@H](OP(=O)([O-])OC[C@H]2O[C@@H](n3ccc(=O)[nH]c3=O)[C@H](O)[C@@H]2O)[C@@H](COP(=O)(O)OP(=O)(O)OP(=O)(O)OC[C@H]2O[C@@H](n3c[n+](C)c4c(=O)[nH]c(N)nc43)[C@H](O)[C@@H]2CNS(=O)(=O)CCCF)O[C@H]1n1cnc2c(N)ncnc21. The van der Waals surface area contributed by atoms with Gasteiger partial charge in [0, 0.05) is 31.8 Å². The lowest BCUT2D eigenvalue weighted by Gasteiger charge is -2.31. The number of fused-ring (bicyclic) bond motifs is 2. The number of phosphoric acid groups is 4. The van der Waals surface area contributed by atoms with Gasteiger partial charge in [-0.15, -0.1) is 0 Å². The van der Waals surface area contributed by atoms with Crippen LogP contribution in [0.3, 0.4) is 0 Å². The van der Waals surface area contributed by atoms with Crippen molar-refractivity contribution in [2.45, 2.75) is 73.9 Å². The highest BCUT2D eigenvalue weighted by atomic mass is 32.2. The second-order valence-corrected chi connectivity index (χ2v) is 25.5. The predicted octanol–water partition coefficient (Wildman–Crippen LogP) is -4.97. The molecule has 3 saturated heterocycles. The van der Waals surface area contributed by atoms with E-state index in [1.165, 1.54) is 17.9 Å². The molecule has 0 radical (unpaired) electrons. The van der Waals surface area contributed by atoms with Gasteiger partial charge >= 0.3 is 34.7 Å². The monoisotopic (exact) mass is 1240 g/mol. The third-order valence-electron chi connectivity index (χ3n) is 12.2. The first kappa shape index (κ1) is 61.3. The summed E-state index contributed by atoms with van der Waals surface area (Å²) in [7, 11) is -25.9. The molecule has 0 aromatic carbocycles. The van der Waals surface area contributed by atoms with Crippen molar-refractivity contribution < 1.29 is 116 Å². The Morgan fingerprint density at radius 2 is 1.46 bits per heavy atom. The average molecular weight is 1240 g/mol. The molecule has 444 valence electrons. The van der Waals surface area contributed by atoms with Crippen LogP contribution in [0.5, 0.6) is 0 Å². The molecule has 39 nitrogen and oxygen atoms in total. The predicted molar refractivity (Wildman–Crippen MR) is 255 cm³/mol. The van der Waals surface area contributed by atoms with Crippen LogP contribution in [0.15, 0.2) is 45.6 Å². The zero-order valence-electron chi connectivity index (χ0n) is 40.9. The number of sulfonamides is 1. The van der Waals surface area contributed by atoms with Crippen LogP contribution in [0.4, 0.5) is 16.2 Å². The number of imidazole rings is 2. The number of halogens is 1. The first-order chi connectivity index (χ1) is 37.4. The van der Waals surface area contributed by atoms with Crippen molar-refractivity contribution >= 4 is 75.4 Å². The number of ether oxygens (including phenoxy) is 4. The van der Waals surface area contributed by atoms with E-state index >= 15 is 0 Å². The van der Waals surface area contributed by atoms with Gasteiger partial charge in [0.1, 0.15) is 54.6 Å². The molecule has 0 bridgehead atoms. The van der Waals surface area contributed by atoms with Gasteiger partial charge in [-0.1, -0.05) is 0 Å². The van der Waals surface area contributed by atoms with E-state index < -0.39 is 177 Å². The Labute approximate surface area is 445 Å². The van der Waals surface area contributed by atoms with Gasteiger partial charge in [-0.3, -0.25) is 46.7 Å². The minimum Gasteiger partial charge on any atom is -0.756 e. The molecule has 4 unspecified atom stereocenters. The summed E-state index contributed by atoms with van der Waals surface area (Å²) in [5, 5.41) is 32.7. The quantitative estimate of drug-likeness (QED) is 0.0193. The van der Waals surface area contributed by atoms with E-state index in [-0.39, 0.29) is 34.1 Å². The van der Waals surface area contributed by atoms with Crippen molar-refractivity contribution in [1.82, 2.24) is 48.3 Å². The standard InChI is InChI=1S/C35H50FN13O26P4S/c1-46-14-49(29-21(46)30(54)45-34(38)44-29)31-22(51)15(8-42-80(64,65)7-3-5-36)16(70-31)9-68-77(58,59)74-79(62,63)75-78(60,61)69-11-18-25(26(66-2)33(72-18)48-13-41-20-27(37)39-12-40-28(20)48)73-76(56,57)67-10-17-23(52)24(53)32(71-17)47-6-4-19(50)43-35(47)55/h4,6,12-18,22-26,31-33,42,51-53H,3,5,7-11H2,1-2H3,(H9-,37,38,39,40,43,44,45,50,54,55,56,57,58,59,60,61,62,63)/t15-,16-,17-,18-,22-,23-,24-,25-,26-,31-,32-,33-/m1/s1. The Hall–Kier alpha value is -4.74. The molecule has 0 amide bonds. The molecule has 3 aliphatic rings. The number of methoxy groups -OCH3 is 1. The number of aliphatic hydroxyl groups excluding tert-OH is 3. The van der Waals surface area contributed by atoms with Crippen LogP contribution in [0.25, 0.3) is 22.3 Å². The summed E-state index contributed by atoms with van der Waals surface area (Å²) in [5.41, 5.74) is 8.79. The van der Waals surface area contributed by atoms with Crippen LogP contribution >= 0.6 is 31.3 Å². The van der Waals surface area contributed by atoms with E-state index in [1.807, 2.05) is 4.98 Å². The largest absolute Gasteiger partial charge is 0.756 e. The zero-order chi connectivity index (χ0) is 58.4. The molecule has 0 spiro atoms.